The van der Waals surface area contributed by atoms with Gasteiger partial charge < -0.3 is 15.0 Å². The van der Waals surface area contributed by atoms with Crippen molar-refractivity contribution in [3.63, 3.8) is 0 Å². The molecule has 0 atom stereocenters. The van der Waals surface area contributed by atoms with E-state index >= 15 is 0 Å². The average Bonchev–Trinajstić information content (AvgIpc) is 3.03. The highest BCUT2D eigenvalue weighted by Crippen LogP contribution is 2.34. The van der Waals surface area contributed by atoms with E-state index in [0.717, 1.165) is 16.9 Å². The van der Waals surface area contributed by atoms with Crippen LogP contribution in [0.1, 0.15) is 11.1 Å². The lowest BCUT2D eigenvalue weighted by molar-refractivity contribution is -0.120. The highest BCUT2D eigenvalue weighted by molar-refractivity contribution is 6.46. The van der Waals surface area contributed by atoms with Gasteiger partial charge >= 0.3 is 0 Å². The van der Waals surface area contributed by atoms with Crippen molar-refractivity contribution in [2.75, 3.05) is 36.3 Å². The number of amides is 2. The summed E-state index contributed by atoms with van der Waals surface area (Å²) >= 11 is 0. The van der Waals surface area contributed by atoms with Crippen molar-refractivity contribution in [3.05, 3.63) is 89.6 Å². The van der Waals surface area contributed by atoms with Crippen LogP contribution in [0.5, 0.6) is 5.75 Å². The lowest BCUT2D eigenvalue weighted by Gasteiger charge is -2.16. The van der Waals surface area contributed by atoms with Gasteiger partial charge in [0.1, 0.15) is 11.4 Å². The maximum Gasteiger partial charge on any atom is 0.282 e. The molecule has 1 aliphatic rings. The van der Waals surface area contributed by atoms with Crippen LogP contribution in [0, 0.1) is 6.92 Å². The van der Waals surface area contributed by atoms with E-state index in [1.54, 1.807) is 37.4 Å². The molecule has 3 aromatic carbocycles. The molecule has 0 saturated heterocycles. The Morgan fingerprint density at radius 1 is 0.875 bits per heavy atom. The third-order valence-corrected chi connectivity index (χ3v) is 5.38. The molecule has 0 spiro atoms. The number of hydrogen-bond donors (Lipinski definition) is 1. The fraction of sp³-hybridized carbons (Fsp3) is 0.154. The van der Waals surface area contributed by atoms with E-state index in [1.165, 1.54) is 4.90 Å². The van der Waals surface area contributed by atoms with Crippen molar-refractivity contribution in [2.24, 2.45) is 0 Å². The summed E-state index contributed by atoms with van der Waals surface area (Å²) < 4.78 is 5.24. The van der Waals surface area contributed by atoms with E-state index in [4.69, 9.17) is 4.74 Å². The molecule has 0 unspecified atom stereocenters. The Hall–Kier alpha value is -4.06. The molecule has 32 heavy (non-hydrogen) atoms. The number of nitrogens with one attached hydrogen (secondary N) is 1. The van der Waals surface area contributed by atoms with E-state index in [1.807, 2.05) is 68.4 Å². The summed E-state index contributed by atoms with van der Waals surface area (Å²) in [4.78, 5) is 30.2. The molecular weight excluding hydrogens is 402 g/mol. The number of nitrogens with zero attached hydrogens (tertiary/aromatic N) is 2. The summed E-state index contributed by atoms with van der Waals surface area (Å²) in [7, 11) is 5.51. The molecule has 0 saturated carbocycles. The Labute approximate surface area is 187 Å². The van der Waals surface area contributed by atoms with Crippen molar-refractivity contribution in [1.82, 2.24) is 0 Å². The normalized spacial score (nSPS) is 13.6. The number of benzene rings is 3. The van der Waals surface area contributed by atoms with Gasteiger partial charge in [0.2, 0.25) is 0 Å². The van der Waals surface area contributed by atoms with Crippen molar-refractivity contribution < 1.29 is 14.3 Å². The minimum atomic E-state index is -0.386. The van der Waals surface area contributed by atoms with Crippen molar-refractivity contribution in [1.29, 1.82) is 0 Å². The van der Waals surface area contributed by atoms with Crippen LogP contribution in [-0.4, -0.2) is 33.0 Å². The van der Waals surface area contributed by atoms with Crippen molar-refractivity contribution in [3.8, 4) is 5.75 Å². The predicted octanol–water partition coefficient (Wildman–Crippen LogP) is 4.47. The molecule has 0 radical (unpaired) electrons. The maximum atomic E-state index is 13.5. The lowest BCUT2D eigenvalue weighted by Crippen LogP contribution is -2.32. The minimum absolute atomic E-state index is 0.249. The number of rotatable bonds is 6. The SMILES string of the molecule is COc1ccc(C2=C(Nc3ccc(N(C)C)cc3)C(=O)N(c3cccc(C)c3)C2=O)cc1. The van der Waals surface area contributed by atoms with Crippen LogP contribution >= 0.6 is 0 Å². The monoisotopic (exact) mass is 427 g/mol. The molecule has 1 N–H and O–H groups in total. The number of carbonyl (C=O) groups is 2. The number of methoxy groups -OCH3 is 1. The molecule has 0 aromatic heterocycles. The smallest absolute Gasteiger partial charge is 0.282 e. The molecule has 2 amide bonds. The number of imide groups is 1. The van der Waals surface area contributed by atoms with Gasteiger partial charge in [0, 0.05) is 25.5 Å². The molecule has 6 heteroatoms. The second-order valence-corrected chi connectivity index (χ2v) is 7.83. The molecule has 0 aliphatic carbocycles. The first-order valence-corrected chi connectivity index (χ1v) is 10.3. The number of hydrogen-bond acceptors (Lipinski definition) is 5. The van der Waals surface area contributed by atoms with Crippen LogP contribution in [-0.2, 0) is 9.59 Å². The summed E-state index contributed by atoms with van der Waals surface area (Å²) in [6.07, 6.45) is 0. The van der Waals surface area contributed by atoms with Gasteiger partial charge in [-0.15, -0.1) is 0 Å². The zero-order valence-electron chi connectivity index (χ0n) is 18.5. The Kier molecular flexibility index (Phi) is 5.69. The largest absolute Gasteiger partial charge is 0.497 e. The molecule has 0 bridgehead atoms. The highest BCUT2D eigenvalue weighted by Gasteiger charge is 2.40. The first-order valence-electron chi connectivity index (χ1n) is 10.3. The zero-order valence-corrected chi connectivity index (χ0v) is 18.5. The van der Waals surface area contributed by atoms with Gasteiger partial charge in [-0.1, -0.05) is 24.3 Å². The van der Waals surface area contributed by atoms with Crippen LogP contribution in [0.4, 0.5) is 17.1 Å². The fourth-order valence-corrected chi connectivity index (χ4v) is 3.66. The summed E-state index contributed by atoms with van der Waals surface area (Å²) in [5.41, 5.74) is 4.50. The molecule has 1 aliphatic heterocycles. The Bertz CT molecular complexity index is 1200. The maximum absolute atomic E-state index is 13.5. The average molecular weight is 428 g/mol. The standard InChI is InChI=1S/C26H25N3O3/c1-17-6-5-7-21(16-17)29-25(30)23(18-8-14-22(32-4)15-9-18)24(26(29)31)27-19-10-12-20(13-11-19)28(2)3/h5-16,27H,1-4H3. The highest BCUT2D eigenvalue weighted by atomic mass is 16.5. The second kappa shape index (κ2) is 8.59. The third kappa shape index (κ3) is 3.95. The van der Waals surface area contributed by atoms with E-state index in [9.17, 15) is 9.59 Å². The molecule has 1 heterocycles. The van der Waals surface area contributed by atoms with E-state index in [0.29, 0.717) is 22.6 Å². The van der Waals surface area contributed by atoms with E-state index in [2.05, 4.69) is 5.32 Å². The second-order valence-electron chi connectivity index (χ2n) is 7.83. The van der Waals surface area contributed by atoms with Gasteiger partial charge in [0.05, 0.1) is 18.4 Å². The van der Waals surface area contributed by atoms with Gasteiger partial charge in [0.25, 0.3) is 11.8 Å². The topological polar surface area (TPSA) is 61.9 Å². The van der Waals surface area contributed by atoms with Gasteiger partial charge in [-0.05, 0) is 66.6 Å². The van der Waals surface area contributed by atoms with Crippen molar-refractivity contribution >= 4 is 34.4 Å². The minimum Gasteiger partial charge on any atom is -0.497 e. The molecule has 3 aromatic rings. The number of aryl methyl sites for hydroxylation is 1. The molecule has 4 rings (SSSR count). The zero-order chi connectivity index (χ0) is 22.8. The summed E-state index contributed by atoms with van der Waals surface area (Å²) in [6.45, 7) is 1.93. The first-order chi connectivity index (χ1) is 15.4. The molecular formula is C26H25N3O3. The number of anilines is 3. The number of ether oxygens (including phenoxy) is 1. The van der Waals surface area contributed by atoms with Crippen LogP contribution in [0.2, 0.25) is 0 Å². The van der Waals surface area contributed by atoms with E-state index in [-0.39, 0.29) is 17.5 Å². The predicted molar refractivity (Wildman–Crippen MR) is 128 cm³/mol. The molecule has 162 valence electrons. The Morgan fingerprint density at radius 2 is 1.56 bits per heavy atom. The summed E-state index contributed by atoms with van der Waals surface area (Å²) in [6, 6.07) is 22.2. The lowest BCUT2D eigenvalue weighted by atomic mass is 10.0. The third-order valence-electron chi connectivity index (χ3n) is 5.38. The Morgan fingerprint density at radius 3 is 2.16 bits per heavy atom. The van der Waals surface area contributed by atoms with Crippen LogP contribution in [0.15, 0.2) is 78.5 Å². The van der Waals surface area contributed by atoms with E-state index < -0.39 is 0 Å². The van der Waals surface area contributed by atoms with Crippen LogP contribution in [0.3, 0.4) is 0 Å². The molecule has 0 fully saturated rings. The van der Waals surface area contributed by atoms with Crippen LogP contribution < -0.4 is 19.9 Å². The molecule has 6 nitrogen and oxygen atoms in total. The van der Waals surface area contributed by atoms with Crippen molar-refractivity contribution in [2.45, 2.75) is 6.92 Å². The van der Waals surface area contributed by atoms with Gasteiger partial charge in [-0.3, -0.25) is 9.59 Å². The first kappa shape index (κ1) is 21.2. The van der Waals surface area contributed by atoms with Gasteiger partial charge in [-0.2, -0.15) is 0 Å². The number of carbonyl (C=O) groups excluding carboxylic acids is 2. The van der Waals surface area contributed by atoms with Gasteiger partial charge in [-0.25, -0.2) is 4.90 Å². The quantitative estimate of drug-likeness (QED) is 0.589. The summed E-state index contributed by atoms with van der Waals surface area (Å²) in [5, 5.41) is 3.20. The van der Waals surface area contributed by atoms with Gasteiger partial charge in [0.15, 0.2) is 0 Å². The fourth-order valence-electron chi connectivity index (χ4n) is 3.66. The Balaban J connectivity index is 1.78. The van der Waals surface area contributed by atoms with Crippen LogP contribution in [0.25, 0.3) is 5.57 Å². The summed E-state index contributed by atoms with van der Waals surface area (Å²) in [5.74, 6) is -0.0725.